The highest BCUT2D eigenvalue weighted by Crippen LogP contribution is 2.29. The van der Waals surface area contributed by atoms with Gasteiger partial charge in [0.2, 0.25) is 0 Å². The third-order valence-corrected chi connectivity index (χ3v) is 3.46. The van der Waals surface area contributed by atoms with E-state index in [-0.39, 0.29) is 11.8 Å². The van der Waals surface area contributed by atoms with E-state index in [9.17, 15) is 4.79 Å². The summed E-state index contributed by atoms with van der Waals surface area (Å²) in [5, 5.41) is 1.23. The molecule has 1 aromatic heterocycles. The van der Waals surface area contributed by atoms with E-state index < -0.39 is 0 Å². The molecular formula is C15H15NO. The topological polar surface area (TPSA) is 22.0 Å². The molecule has 0 amide bonds. The zero-order valence-corrected chi connectivity index (χ0v) is 10.1. The summed E-state index contributed by atoms with van der Waals surface area (Å²) in [6.45, 7) is 4.07. The maximum absolute atomic E-state index is 12.1. The van der Waals surface area contributed by atoms with Crippen molar-refractivity contribution >= 4 is 16.7 Å². The van der Waals surface area contributed by atoms with Crippen LogP contribution in [0.1, 0.15) is 24.9 Å². The lowest BCUT2D eigenvalue weighted by Gasteiger charge is -2.12. The first-order chi connectivity index (χ1) is 8.18. The Morgan fingerprint density at radius 1 is 1.35 bits per heavy atom. The van der Waals surface area contributed by atoms with Crippen molar-refractivity contribution in [3.8, 4) is 0 Å². The Labute approximate surface area is 101 Å². The van der Waals surface area contributed by atoms with Gasteiger partial charge < -0.3 is 4.57 Å². The van der Waals surface area contributed by atoms with Crippen LogP contribution >= 0.6 is 0 Å². The van der Waals surface area contributed by atoms with Crippen molar-refractivity contribution in [3.63, 3.8) is 0 Å². The fourth-order valence-corrected chi connectivity index (χ4v) is 2.35. The zero-order valence-electron chi connectivity index (χ0n) is 10.1. The molecule has 0 saturated heterocycles. The van der Waals surface area contributed by atoms with Gasteiger partial charge in [-0.25, -0.2) is 0 Å². The summed E-state index contributed by atoms with van der Waals surface area (Å²) in [5.74, 6) is 0.255. The summed E-state index contributed by atoms with van der Waals surface area (Å²) >= 11 is 0. The van der Waals surface area contributed by atoms with E-state index in [1.54, 1.807) is 0 Å². The molecular weight excluding hydrogens is 210 g/mol. The number of Topliss-reactive ketones (excluding diaryl/α,β-unsaturated/α-hetero) is 1. The number of aromatic nitrogens is 1. The van der Waals surface area contributed by atoms with Crippen LogP contribution in [0.4, 0.5) is 0 Å². The van der Waals surface area contributed by atoms with Gasteiger partial charge in [0.05, 0.1) is 6.04 Å². The van der Waals surface area contributed by atoms with Gasteiger partial charge in [-0.15, -0.1) is 0 Å². The number of carbonyl (C=O) groups is 1. The smallest absolute Gasteiger partial charge is 0.181 e. The third-order valence-electron chi connectivity index (χ3n) is 3.46. The summed E-state index contributed by atoms with van der Waals surface area (Å²) in [5.41, 5.74) is 3.35. The molecule has 1 atom stereocenters. The SMILES string of the molecule is Cc1cn(C(C)C(=O)C2=CC2)c2ccccc12. The van der Waals surface area contributed by atoms with E-state index >= 15 is 0 Å². The summed E-state index contributed by atoms with van der Waals surface area (Å²) < 4.78 is 2.09. The minimum atomic E-state index is -0.0950. The molecule has 0 bridgehead atoms. The highest BCUT2D eigenvalue weighted by molar-refractivity contribution is 6.02. The van der Waals surface area contributed by atoms with Crippen molar-refractivity contribution in [2.45, 2.75) is 26.3 Å². The lowest BCUT2D eigenvalue weighted by Crippen LogP contribution is -2.14. The van der Waals surface area contributed by atoms with Crippen LogP contribution in [0.25, 0.3) is 10.9 Å². The average molecular weight is 225 g/mol. The third kappa shape index (κ3) is 1.60. The van der Waals surface area contributed by atoms with Gasteiger partial charge in [-0.1, -0.05) is 24.3 Å². The highest BCUT2D eigenvalue weighted by Gasteiger charge is 2.24. The van der Waals surface area contributed by atoms with Crippen LogP contribution in [-0.2, 0) is 4.79 Å². The Hall–Kier alpha value is -1.83. The predicted molar refractivity (Wildman–Crippen MR) is 69.1 cm³/mol. The van der Waals surface area contributed by atoms with Crippen molar-refractivity contribution in [1.82, 2.24) is 4.57 Å². The average Bonchev–Trinajstić information content (AvgIpc) is 3.14. The minimum absolute atomic E-state index is 0.0950. The maximum atomic E-state index is 12.1. The Balaban J connectivity index is 2.10. The number of ketones is 1. The van der Waals surface area contributed by atoms with Crippen LogP contribution in [0.15, 0.2) is 42.1 Å². The van der Waals surface area contributed by atoms with E-state index in [2.05, 4.69) is 29.8 Å². The number of rotatable bonds is 3. The Bertz CT molecular complexity index is 633. The van der Waals surface area contributed by atoms with Crippen LogP contribution in [0.2, 0.25) is 0 Å². The first-order valence-electron chi connectivity index (χ1n) is 5.98. The molecule has 0 spiro atoms. The molecule has 1 unspecified atom stereocenters. The Morgan fingerprint density at radius 2 is 2.06 bits per heavy atom. The summed E-state index contributed by atoms with van der Waals surface area (Å²) in [4.78, 5) is 12.1. The number of aryl methyl sites for hydroxylation is 1. The second-order valence-corrected chi connectivity index (χ2v) is 4.71. The van der Waals surface area contributed by atoms with Crippen LogP contribution in [0.5, 0.6) is 0 Å². The molecule has 0 saturated carbocycles. The van der Waals surface area contributed by atoms with Gasteiger partial charge in [-0.3, -0.25) is 4.79 Å². The molecule has 1 aromatic carbocycles. The first-order valence-corrected chi connectivity index (χ1v) is 5.98. The van der Waals surface area contributed by atoms with Gasteiger partial charge in [0.15, 0.2) is 5.78 Å². The van der Waals surface area contributed by atoms with Crippen molar-refractivity contribution in [2.75, 3.05) is 0 Å². The van der Waals surface area contributed by atoms with Gasteiger partial charge in [0, 0.05) is 17.1 Å². The van der Waals surface area contributed by atoms with E-state index in [1.165, 1.54) is 10.9 Å². The molecule has 0 fully saturated rings. The van der Waals surface area contributed by atoms with Gasteiger partial charge in [0.1, 0.15) is 0 Å². The van der Waals surface area contributed by atoms with E-state index in [4.69, 9.17) is 0 Å². The fourth-order valence-electron chi connectivity index (χ4n) is 2.35. The number of para-hydroxylation sites is 1. The lowest BCUT2D eigenvalue weighted by molar-refractivity contribution is -0.117. The molecule has 1 aliphatic rings. The van der Waals surface area contributed by atoms with Gasteiger partial charge in [-0.05, 0) is 37.5 Å². The molecule has 3 rings (SSSR count). The van der Waals surface area contributed by atoms with Crippen molar-refractivity contribution < 1.29 is 4.79 Å². The van der Waals surface area contributed by atoms with Crippen LogP contribution < -0.4 is 0 Å². The predicted octanol–water partition coefficient (Wildman–Crippen LogP) is 3.41. The van der Waals surface area contributed by atoms with E-state index in [1.807, 2.05) is 25.1 Å². The quantitative estimate of drug-likeness (QED) is 0.784. The van der Waals surface area contributed by atoms with E-state index in [0.717, 1.165) is 17.5 Å². The number of fused-ring (bicyclic) bond motifs is 1. The van der Waals surface area contributed by atoms with Gasteiger partial charge in [-0.2, -0.15) is 0 Å². The van der Waals surface area contributed by atoms with Gasteiger partial charge >= 0.3 is 0 Å². The maximum Gasteiger partial charge on any atom is 0.181 e. The molecule has 1 aliphatic carbocycles. The van der Waals surface area contributed by atoms with Crippen LogP contribution in [0, 0.1) is 6.92 Å². The summed E-state index contributed by atoms with van der Waals surface area (Å²) in [7, 11) is 0. The Morgan fingerprint density at radius 3 is 2.76 bits per heavy atom. The number of carbonyl (C=O) groups excluding carboxylic acids is 1. The molecule has 0 radical (unpaired) electrons. The summed E-state index contributed by atoms with van der Waals surface area (Å²) in [6.07, 6.45) is 4.95. The normalized spacial score (nSPS) is 15.8. The van der Waals surface area contributed by atoms with Crippen LogP contribution in [0.3, 0.4) is 0 Å². The molecule has 0 N–H and O–H groups in total. The monoisotopic (exact) mass is 225 g/mol. The molecule has 2 aromatic rings. The molecule has 2 nitrogen and oxygen atoms in total. The lowest BCUT2D eigenvalue weighted by atomic mass is 10.1. The molecule has 2 heteroatoms. The van der Waals surface area contributed by atoms with Crippen LogP contribution in [-0.4, -0.2) is 10.4 Å². The second-order valence-electron chi connectivity index (χ2n) is 4.71. The van der Waals surface area contributed by atoms with Gasteiger partial charge in [0.25, 0.3) is 0 Å². The Kier molecular flexibility index (Phi) is 2.18. The minimum Gasteiger partial charge on any atom is -0.337 e. The fraction of sp³-hybridized carbons (Fsp3) is 0.267. The summed E-state index contributed by atoms with van der Waals surface area (Å²) in [6, 6.07) is 8.14. The number of benzene rings is 1. The number of hydrogen-bond donors (Lipinski definition) is 0. The largest absolute Gasteiger partial charge is 0.337 e. The molecule has 86 valence electrons. The highest BCUT2D eigenvalue weighted by atomic mass is 16.1. The standard InChI is InChI=1S/C15H15NO/c1-10-9-16(11(2)15(17)12-7-8-12)14-6-4-3-5-13(10)14/h3-7,9,11H,8H2,1-2H3. The molecule has 1 heterocycles. The molecule has 17 heavy (non-hydrogen) atoms. The second kappa shape index (κ2) is 3.59. The molecule has 0 aliphatic heterocycles. The number of allylic oxidation sites excluding steroid dienone is 2. The van der Waals surface area contributed by atoms with Crippen molar-refractivity contribution in [2.24, 2.45) is 0 Å². The van der Waals surface area contributed by atoms with Crippen molar-refractivity contribution in [3.05, 3.63) is 47.7 Å². The number of nitrogens with zero attached hydrogens (tertiary/aromatic N) is 1. The first kappa shape index (κ1) is 10.3. The number of hydrogen-bond acceptors (Lipinski definition) is 1. The van der Waals surface area contributed by atoms with Crippen molar-refractivity contribution in [1.29, 1.82) is 0 Å². The zero-order chi connectivity index (χ0) is 12.0. The van der Waals surface area contributed by atoms with E-state index in [0.29, 0.717) is 0 Å².